The van der Waals surface area contributed by atoms with E-state index in [-0.39, 0.29) is 0 Å². The molecule has 43 heavy (non-hydrogen) atoms. The number of hydrogen-bond donors (Lipinski definition) is 0. The number of para-hydroxylation sites is 2. The minimum atomic E-state index is 0.503. The SMILES string of the molecule is C1=CC2=CC(c3cc4cc(N5c6ccccc6CCc6ccccc65)c5ccccc5c4c4c3CCC=C4)=CCC2C=C1. The maximum Gasteiger partial charge on any atom is 0.0546 e. The Balaban J connectivity index is 1.35. The summed E-state index contributed by atoms with van der Waals surface area (Å²) in [5.74, 6) is 0.503. The lowest BCUT2D eigenvalue weighted by Crippen LogP contribution is -2.12. The Hall–Kier alpha value is -4.88. The normalized spacial score (nSPS) is 18.4. The number of allylic oxidation sites excluding steroid dienone is 9. The first kappa shape index (κ1) is 24.7. The minimum Gasteiger partial charge on any atom is -0.309 e. The molecule has 5 aromatic rings. The molecule has 0 amide bonds. The van der Waals surface area contributed by atoms with Crippen molar-refractivity contribution in [2.75, 3.05) is 4.90 Å². The molecule has 0 radical (unpaired) electrons. The molecule has 1 atom stereocenters. The monoisotopic (exact) mass is 551 g/mol. The standard InChI is InChI=1S/C42H33N/c1-2-14-31-25-32(24-21-28(31)11-1)38-26-33-27-41(35-16-6-8-18-37(35)42(33)36-17-7-5-15-34(36)38)43-39-19-9-3-12-29(39)22-23-30-13-4-10-20-40(30)43/h1-4,6-14,16-20,24-28H,5,15,21-23H2. The van der Waals surface area contributed by atoms with Gasteiger partial charge in [0, 0.05) is 22.7 Å². The average Bonchev–Trinajstić information content (AvgIpc) is 3.24. The van der Waals surface area contributed by atoms with Gasteiger partial charge in [0.2, 0.25) is 0 Å². The number of rotatable bonds is 2. The third kappa shape index (κ3) is 3.92. The van der Waals surface area contributed by atoms with Gasteiger partial charge in [0.15, 0.2) is 0 Å². The van der Waals surface area contributed by atoms with Gasteiger partial charge in [-0.1, -0.05) is 109 Å². The second-order valence-electron chi connectivity index (χ2n) is 12.3. The first-order valence-corrected chi connectivity index (χ1v) is 15.7. The van der Waals surface area contributed by atoms with Gasteiger partial charge < -0.3 is 4.90 Å². The van der Waals surface area contributed by atoms with Crippen molar-refractivity contribution in [3.63, 3.8) is 0 Å². The van der Waals surface area contributed by atoms with Crippen LogP contribution >= 0.6 is 0 Å². The molecule has 206 valence electrons. The van der Waals surface area contributed by atoms with Crippen LogP contribution in [0.2, 0.25) is 0 Å². The van der Waals surface area contributed by atoms with Gasteiger partial charge in [-0.3, -0.25) is 0 Å². The van der Waals surface area contributed by atoms with Crippen LogP contribution in [0.3, 0.4) is 0 Å². The fourth-order valence-electron chi connectivity index (χ4n) is 7.84. The molecule has 1 nitrogen and oxygen atoms in total. The molecular weight excluding hydrogens is 518 g/mol. The van der Waals surface area contributed by atoms with E-state index < -0.39 is 0 Å². The van der Waals surface area contributed by atoms with Gasteiger partial charge >= 0.3 is 0 Å². The molecule has 0 fully saturated rings. The average molecular weight is 552 g/mol. The molecule has 0 aromatic heterocycles. The Morgan fingerprint density at radius 3 is 2.23 bits per heavy atom. The number of fused-ring (bicyclic) bond motifs is 8. The van der Waals surface area contributed by atoms with Crippen molar-refractivity contribution in [1.29, 1.82) is 0 Å². The Labute approximate surface area is 253 Å². The van der Waals surface area contributed by atoms with Crippen molar-refractivity contribution in [2.45, 2.75) is 32.1 Å². The second kappa shape index (κ2) is 9.85. The van der Waals surface area contributed by atoms with Crippen LogP contribution in [-0.2, 0) is 19.3 Å². The summed E-state index contributed by atoms with van der Waals surface area (Å²) in [6, 6.07) is 32.0. The third-order valence-corrected chi connectivity index (χ3v) is 9.88. The van der Waals surface area contributed by atoms with E-state index in [4.69, 9.17) is 0 Å². The zero-order valence-corrected chi connectivity index (χ0v) is 24.3. The van der Waals surface area contributed by atoms with Crippen LogP contribution in [0.15, 0.2) is 133 Å². The Morgan fingerprint density at radius 2 is 1.42 bits per heavy atom. The lowest BCUT2D eigenvalue weighted by Gasteiger charge is -2.30. The molecule has 1 heteroatoms. The Bertz CT molecular complexity index is 2070. The van der Waals surface area contributed by atoms with Crippen LogP contribution in [0.5, 0.6) is 0 Å². The molecule has 5 aromatic carbocycles. The van der Waals surface area contributed by atoms with Crippen molar-refractivity contribution in [2.24, 2.45) is 5.92 Å². The summed E-state index contributed by atoms with van der Waals surface area (Å²) < 4.78 is 0. The Morgan fingerprint density at radius 1 is 0.674 bits per heavy atom. The van der Waals surface area contributed by atoms with Crippen molar-refractivity contribution in [1.82, 2.24) is 0 Å². The molecule has 9 rings (SSSR count). The number of nitrogens with zero attached hydrogens (tertiary/aromatic N) is 1. The topological polar surface area (TPSA) is 3.24 Å². The van der Waals surface area contributed by atoms with E-state index in [0.717, 1.165) is 32.1 Å². The number of benzene rings is 5. The maximum absolute atomic E-state index is 2.54. The largest absolute Gasteiger partial charge is 0.309 e. The number of aryl methyl sites for hydroxylation is 2. The van der Waals surface area contributed by atoms with Crippen LogP contribution in [0, 0.1) is 5.92 Å². The molecular formula is C42H33N. The lowest BCUT2D eigenvalue weighted by atomic mass is 9.79. The van der Waals surface area contributed by atoms with Crippen LogP contribution in [0.1, 0.15) is 40.7 Å². The van der Waals surface area contributed by atoms with E-state index in [0.29, 0.717) is 5.92 Å². The number of hydrogen-bond acceptors (Lipinski definition) is 1. The molecule has 0 saturated heterocycles. The summed E-state index contributed by atoms with van der Waals surface area (Å²) in [6.45, 7) is 0. The van der Waals surface area contributed by atoms with E-state index in [1.807, 2.05) is 0 Å². The first-order chi connectivity index (χ1) is 21.3. The van der Waals surface area contributed by atoms with Gasteiger partial charge in [-0.25, -0.2) is 0 Å². The summed E-state index contributed by atoms with van der Waals surface area (Å²) in [5.41, 5.74) is 13.7. The second-order valence-corrected chi connectivity index (χ2v) is 12.3. The molecule has 4 aliphatic rings. The van der Waals surface area contributed by atoms with E-state index in [2.05, 4.69) is 138 Å². The zero-order valence-electron chi connectivity index (χ0n) is 24.3. The van der Waals surface area contributed by atoms with E-state index in [1.165, 1.54) is 77.6 Å². The maximum atomic E-state index is 2.54. The van der Waals surface area contributed by atoms with Gasteiger partial charge in [-0.15, -0.1) is 0 Å². The molecule has 1 aliphatic heterocycles. The highest BCUT2D eigenvalue weighted by molar-refractivity contribution is 6.18. The van der Waals surface area contributed by atoms with Gasteiger partial charge in [-0.05, 0) is 111 Å². The summed E-state index contributed by atoms with van der Waals surface area (Å²) in [7, 11) is 0. The molecule has 3 aliphatic carbocycles. The first-order valence-electron chi connectivity index (χ1n) is 15.7. The highest BCUT2D eigenvalue weighted by Crippen LogP contribution is 2.48. The van der Waals surface area contributed by atoms with E-state index in [9.17, 15) is 0 Å². The van der Waals surface area contributed by atoms with Gasteiger partial charge in [-0.2, -0.15) is 0 Å². The lowest BCUT2D eigenvalue weighted by molar-refractivity contribution is 0.782. The van der Waals surface area contributed by atoms with Crippen LogP contribution < -0.4 is 4.90 Å². The molecule has 1 unspecified atom stereocenters. The number of anilines is 3. The van der Waals surface area contributed by atoms with E-state index >= 15 is 0 Å². The van der Waals surface area contributed by atoms with Crippen LogP contribution in [-0.4, -0.2) is 0 Å². The van der Waals surface area contributed by atoms with Gasteiger partial charge in [0.05, 0.1) is 5.69 Å². The molecule has 0 saturated carbocycles. The van der Waals surface area contributed by atoms with Crippen molar-refractivity contribution >= 4 is 50.3 Å². The van der Waals surface area contributed by atoms with Crippen molar-refractivity contribution in [3.8, 4) is 0 Å². The fourth-order valence-corrected chi connectivity index (χ4v) is 7.84. The summed E-state index contributed by atoms with van der Waals surface area (Å²) in [5, 5.41) is 5.33. The summed E-state index contributed by atoms with van der Waals surface area (Å²) in [4.78, 5) is 2.54. The zero-order chi connectivity index (χ0) is 28.3. The fraction of sp³-hybridized carbons (Fsp3) is 0.143. The smallest absolute Gasteiger partial charge is 0.0546 e. The summed E-state index contributed by atoms with van der Waals surface area (Å²) in [6.07, 6.45) is 24.0. The minimum absolute atomic E-state index is 0.503. The van der Waals surface area contributed by atoms with Crippen molar-refractivity contribution < 1.29 is 0 Å². The van der Waals surface area contributed by atoms with Gasteiger partial charge in [0.25, 0.3) is 0 Å². The predicted molar refractivity (Wildman–Crippen MR) is 183 cm³/mol. The molecule has 0 bridgehead atoms. The van der Waals surface area contributed by atoms with Crippen molar-refractivity contribution in [3.05, 3.63) is 161 Å². The quantitative estimate of drug-likeness (QED) is 0.197. The summed E-state index contributed by atoms with van der Waals surface area (Å²) >= 11 is 0. The van der Waals surface area contributed by atoms with E-state index in [1.54, 1.807) is 0 Å². The predicted octanol–water partition coefficient (Wildman–Crippen LogP) is 11.0. The molecule has 1 heterocycles. The highest BCUT2D eigenvalue weighted by Gasteiger charge is 2.26. The molecule has 0 spiro atoms. The van der Waals surface area contributed by atoms with Crippen LogP contribution in [0.4, 0.5) is 17.1 Å². The highest BCUT2D eigenvalue weighted by atomic mass is 15.2. The third-order valence-electron chi connectivity index (χ3n) is 9.88. The van der Waals surface area contributed by atoms with Crippen LogP contribution in [0.25, 0.3) is 33.2 Å². The van der Waals surface area contributed by atoms with Gasteiger partial charge in [0.1, 0.15) is 0 Å². The Kier molecular flexibility index (Phi) is 5.66. The molecule has 0 N–H and O–H groups in total.